The number of aryl methyl sites for hydroxylation is 1. The Morgan fingerprint density at radius 3 is 3.00 bits per heavy atom. The second-order valence-electron chi connectivity index (χ2n) is 3.43. The van der Waals surface area contributed by atoms with E-state index in [0.717, 1.165) is 5.69 Å². The molecule has 0 saturated heterocycles. The van der Waals surface area contributed by atoms with E-state index in [0.29, 0.717) is 12.5 Å². The molecule has 0 unspecified atom stereocenters. The predicted octanol–water partition coefficient (Wildman–Crippen LogP) is 1.06. The number of hydrogen-bond acceptors (Lipinski definition) is 2. The van der Waals surface area contributed by atoms with E-state index in [2.05, 4.69) is 11.2 Å². The van der Waals surface area contributed by atoms with Crippen molar-refractivity contribution in [1.82, 2.24) is 9.78 Å². The van der Waals surface area contributed by atoms with Gasteiger partial charge in [-0.25, -0.2) is 0 Å². The maximum Gasteiger partial charge on any atom is 0.0658 e. The van der Waals surface area contributed by atoms with Gasteiger partial charge in [-0.15, -0.1) is 0 Å². The number of hydrogen-bond donors (Lipinski definition) is 1. The minimum Gasteiger partial charge on any atom is -0.394 e. The number of aromatic nitrogens is 2. The Labute approximate surface area is 72.0 Å². The predicted molar refractivity (Wildman–Crippen MR) is 46.0 cm³/mol. The number of nitrogens with zero attached hydrogens (tertiary/aromatic N) is 2. The van der Waals surface area contributed by atoms with E-state index in [-0.39, 0.29) is 6.61 Å². The third-order valence-corrected chi connectivity index (χ3v) is 2.31. The first kappa shape index (κ1) is 7.80. The Morgan fingerprint density at radius 1 is 1.67 bits per heavy atom. The van der Waals surface area contributed by atoms with Crippen LogP contribution in [0, 0.1) is 6.92 Å². The zero-order chi connectivity index (χ0) is 8.55. The third kappa shape index (κ3) is 1.37. The minimum absolute atomic E-state index is 0.173. The molecule has 0 aliphatic heterocycles. The average molecular weight is 166 g/mol. The Hall–Kier alpha value is -0.830. The third-order valence-electron chi connectivity index (χ3n) is 2.31. The van der Waals surface area contributed by atoms with Gasteiger partial charge < -0.3 is 5.11 Å². The van der Waals surface area contributed by atoms with Crippen LogP contribution in [-0.4, -0.2) is 21.5 Å². The van der Waals surface area contributed by atoms with Gasteiger partial charge in [0.1, 0.15) is 0 Å². The standard InChI is InChI=1S/C9H14N2O/c1-7-6-9(8-2-3-8)10-11(7)4-5-12/h6,8,12H,2-5H2,1H3. The van der Waals surface area contributed by atoms with Gasteiger partial charge in [0.25, 0.3) is 0 Å². The average Bonchev–Trinajstić information content (AvgIpc) is 2.80. The summed E-state index contributed by atoms with van der Waals surface area (Å²) in [5, 5.41) is 13.2. The van der Waals surface area contributed by atoms with E-state index in [1.807, 2.05) is 11.6 Å². The Morgan fingerprint density at radius 2 is 2.42 bits per heavy atom. The highest BCUT2D eigenvalue weighted by atomic mass is 16.3. The quantitative estimate of drug-likeness (QED) is 0.729. The topological polar surface area (TPSA) is 38.0 Å². The van der Waals surface area contributed by atoms with Gasteiger partial charge in [-0.2, -0.15) is 5.10 Å². The van der Waals surface area contributed by atoms with Crippen molar-refractivity contribution in [2.24, 2.45) is 0 Å². The SMILES string of the molecule is Cc1cc(C2CC2)nn1CCO. The van der Waals surface area contributed by atoms with Crippen LogP contribution in [0.5, 0.6) is 0 Å². The van der Waals surface area contributed by atoms with Crippen LogP contribution in [0.15, 0.2) is 6.07 Å². The molecule has 1 heterocycles. The molecule has 0 aromatic carbocycles. The first-order chi connectivity index (χ1) is 5.81. The smallest absolute Gasteiger partial charge is 0.0658 e. The van der Waals surface area contributed by atoms with Crippen molar-refractivity contribution < 1.29 is 5.11 Å². The highest BCUT2D eigenvalue weighted by Crippen LogP contribution is 2.39. The Balaban J connectivity index is 2.18. The summed E-state index contributed by atoms with van der Waals surface area (Å²) in [6.45, 7) is 2.83. The molecule has 1 aromatic heterocycles. The van der Waals surface area contributed by atoms with Gasteiger partial charge in [0, 0.05) is 11.6 Å². The van der Waals surface area contributed by atoms with Crippen molar-refractivity contribution in [3.63, 3.8) is 0 Å². The first-order valence-electron chi connectivity index (χ1n) is 4.46. The van der Waals surface area contributed by atoms with Crippen LogP contribution >= 0.6 is 0 Å². The molecule has 3 heteroatoms. The van der Waals surface area contributed by atoms with Crippen LogP contribution < -0.4 is 0 Å². The fraction of sp³-hybridized carbons (Fsp3) is 0.667. The maximum absolute atomic E-state index is 8.75. The summed E-state index contributed by atoms with van der Waals surface area (Å²) in [6, 6.07) is 2.13. The zero-order valence-corrected chi connectivity index (χ0v) is 7.32. The molecule has 1 aliphatic rings. The lowest BCUT2D eigenvalue weighted by molar-refractivity contribution is 0.267. The van der Waals surface area contributed by atoms with Crippen LogP contribution in [-0.2, 0) is 6.54 Å². The van der Waals surface area contributed by atoms with Gasteiger partial charge in [0.2, 0.25) is 0 Å². The molecule has 0 radical (unpaired) electrons. The van der Waals surface area contributed by atoms with Crippen molar-refractivity contribution in [3.8, 4) is 0 Å². The molecule has 1 fully saturated rings. The van der Waals surface area contributed by atoms with Gasteiger partial charge in [-0.1, -0.05) is 0 Å². The molecule has 1 aliphatic carbocycles. The van der Waals surface area contributed by atoms with Crippen molar-refractivity contribution in [1.29, 1.82) is 0 Å². The van der Waals surface area contributed by atoms with Gasteiger partial charge in [0.15, 0.2) is 0 Å². The fourth-order valence-electron chi connectivity index (χ4n) is 1.44. The maximum atomic E-state index is 8.75. The molecule has 3 nitrogen and oxygen atoms in total. The second kappa shape index (κ2) is 2.90. The van der Waals surface area contributed by atoms with Gasteiger partial charge in [0.05, 0.1) is 18.8 Å². The lowest BCUT2D eigenvalue weighted by atomic mass is 10.3. The summed E-state index contributed by atoms with van der Waals surface area (Å²) in [5.74, 6) is 0.712. The molecule has 1 aromatic rings. The molecule has 0 spiro atoms. The lowest BCUT2D eigenvalue weighted by Gasteiger charge is -1.98. The summed E-state index contributed by atoms with van der Waals surface area (Å²) in [7, 11) is 0. The fourth-order valence-corrected chi connectivity index (χ4v) is 1.44. The minimum atomic E-state index is 0.173. The summed E-state index contributed by atoms with van der Waals surface area (Å²) in [6.07, 6.45) is 2.57. The van der Waals surface area contributed by atoms with Gasteiger partial charge in [-0.3, -0.25) is 4.68 Å². The normalized spacial score (nSPS) is 16.8. The van der Waals surface area contributed by atoms with Crippen LogP contribution in [0.4, 0.5) is 0 Å². The van der Waals surface area contributed by atoms with Gasteiger partial charge >= 0.3 is 0 Å². The molecule has 0 amide bonds. The van der Waals surface area contributed by atoms with Crippen LogP contribution in [0.25, 0.3) is 0 Å². The first-order valence-corrected chi connectivity index (χ1v) is 4.46. The van der Waals surface area contributed by atoms with Crippen LogP contribution in [0.3, 0.4) is 0 Å². The van der Waals surface area contributed by atoms with E-state index in [9.17, 15) is 0 Å². The molecule has 1 saturated carbocycles. The molecular formula is C9H14N2O. The van der Waals surface area contributed by atoms with Crippen molar-refractivity contribution in [3.05, 3.63) is 17.5 Å². The van der Waals surface area contributed by atoms with Gasteiger partial charge in [-0.05, 0) is 25.8 Å². The largest absolute Gasteiger partial charge is 0.394 e. The lowest BCUT2D eigenvalue weighted by Crippen LogP contribution is -2.05. The summed E-state index contributed by atoms with van der Waals surface area (Å²) >= 11 is 0. The Bertz CT molecular complexity index is 276. The van der Waals surface area contributed by atoms with E-state index in [4.69, 9.17) is 5.11 Å². The van der Waals surface area contributed by atoms with Crippen LogP contribution in [0.1, 0.15) is 30.1 Å². The Kier molecular flexibility index (Phi) is 1.89. The number of aliphatic hydroxyl groups excluding tert-OH is 1. The number of aliphatic hydroxyl groups is 1. The van der Waals surface area contributed by atoms with Crippen molar-refractivity contribution in [2.75, 3.05) is 6.61 Å². The molecule has 12 heavy (non-hydrogen) atoms. The molecule has 66 valence electrons. The van der Waals surface area contributed by atoms with Crippen molar-refractivity contribution >= 4 is 0 Å². The van der Waals surface area contributed by atoms with Crippen LogP contribution in [0.2, 0.25) is 0 Å². The molecule has 0 atom stereocenters. The van der Waals surface area contributed by atoms with Crippen molar-refractivity contribution in [2.45, 2.75) is 32.2 Å². The highest BCUT2D eigenvalue weighted by Gasteiger charge is 2.26. The summed E-state index contributed by atoms with van der Waals surface area (Å²) in [4.78, 5) is 0. The summed E-state index contributed by atoms with van der Waals surface area (Å²) < 4.78 is 1.88. The zero-order valence-electron chi connectivity index (χ0n) is 7.32. The van der Waals surface area contributed by atoms with E-state index < -0.39 is 0 Å². The molecule has 1 N–H and O–H groups in total. The van der Waals surface area contributed by atoms with E-state index in [1.54, 1.807) is 0 Å². The molecular weight excluding hydrogens is 152 g/mol. The van der Waals surface area contributed by atoms with E-state index >= 15 is 0 Å². The molecule has 2 rings (SSSR count). The summed E-state index contributed by atoms with van der Waals surface area (Å²) in [5.41, 5.74) is 2.37. The highest BCUT2D eigenvalue weighted by molar-refractivity contribution is 5.17. The number of rotatable bonds is 3. The molecule has 0 bridgehead atoms. The second-order valence-corrected chi connectivity index (χ2v) is 3.43. The monoisotopic (exact) mass is 166 g/mol. The van der Waals surface area contributed by atoms with E-state index in [1.165, 1.54) is 18.5 Å².